The molecule has 2 saturated heterocycles. The highest BCUT2D eigenvalue weighted by atomic mass is 79.9. The number of halogens is 1. The van der Waals surface area contributed by atoms with E-state index in [2.05, 4.69) is 15.9 Å². The highest BCUT2D eigenvalue weighted by Crippen LogP contribution is 2.32. The number of nitrogens with zero attached hydrogens (tertiary/aromatic N) is 3. The molecule has 10 heteroatoms. The fourth-order valence-electron chi connectivity index (χ4n) is 3.15. The van der Waals surface area contributed by atoms with Crippen LogP contribution in [-0.2, 0) is 14.3 Å². The molecule has 0 radical (unpaired) electrons. The molecule has 1 aromatic carbocycles. The van der Waals surface area contributed by atoms with E-state index in [4.69, 9.17) is 17.0 Å². The Hall–Kier alpha value is -1.65. The number of piperazine rings is 1. The van der Waals surface area contributed by atoms with Crippen molar-refractivity contribution in [2.45, 2.75) is 38.0 Å². The van der Waals surface area contributed by atoms with Crippen molar-refractivity contribution in [1.29, 1.82) is 0 Å². The molecular weight excluding hydrogens is 490 g/mol. The molecule has 0 unspecified atom stereocenters. The summed E-state index contributed by atoms with van der Waals surface area (Å²) in [5.74, 6) is -0.473. The molecule has 0 aromatic heterocycles. The summed E-state index contributed by atoms with van der Waals surface area (Å²) in [5, 5.41) is -0.530. The van der Waals surface area contributed by atoms with Gasteiger partial charge in [-0.05, 0) is 45.0 Å². The predicted molar refractivity (Wildman–Crippen MR) is 125 cm³/mol. The van der Waals surface area contributed by atoms with Gasteiger partial charge >= 0.3 is 6.09 Å². The lowest BCUT2D eigenvalue weighted by Gasteiger charge is -2.36. The van der Waals surface area contributed by atoms with Crippen LogP contribution in [0.15, 0.2) is 28.7 Å². The summed E-state index contributed by atoms with van der Waals surface area (Å²) in [6.07, 6.45) is -0.208. The smallest absolute Gasteiger partial charge is 0.410 e. The summed E-state index contributed by atoms with van der Waals surface area (Å²) < 4.78 is 6.86. The van der Waals surface area contributed by atoms with E-state index in [1.807, 2.05) is 25.7 Å². The van der Waals surface area contributed by atoms with Crippen LogP contribution in [0.25, 0.3) is 0 Å². The number of ether oxygens (including phenoxy) is 1. The minimum atomic E-state index is -0.532. The van der Waals surface area contributed by atoms with Crippen LogP contribution in [0.2, 0.25) is 0 Å². The van der Waals surface area contributed by atoms with Crippen molar-refractivity contribution in [2.75, 3.05) is 31.1 Å². The molecule has 1 atom stereocenters. The van der Waals surface area contributed by atoms with Gasteiger partial charge in [0, 0.05) is 37.1 Å². The number of amides is 3. The van der Waals surface area contributed by atoms with Crippen LogP contribution in [0.1, 0.15) is 27.2 Å². The molecule has 0 bridgehead atoms. The second kappa shape index (κ2) is 9.23. The number of thiocarbonyl (C=S) groups is 1. The van der Waals surface area contributed by atoms with Crippen LogP contribution < -0.4 is 4.90 Å². The number of imide groups is 1. The molecule has 2 fully saturated rings. The van der Waals surface area contributed by atoms with Crippen molar-refractivity contribution in [3.8, 4) is 0 Å². The van der Waals surface area contributed by atoms with Gasteiger partial charge in [0.1, 0.15) is 15.2 Å². The van der Waals surface area contributed by atoms with Crippen molar-refractivity contribution in [3.63, 3.8) is 0 Å². The normalized spacial score (nSPS) is 20.0. The summed E-state index contributed by atoms with van der Waals surface area (Å²) in [7, 11) is 0. The second-order valence-electron chi connectivity index (χ2n) is 8.07. The maximum atomic E-state index is 12.8. The Morgan fingerprint density at radius 2 is 1.67 bits per heavy atom. The van der Waals surface area contributed by atoms with Crippen molar-refractivity contribution < 1.29 is 19.1 Å². The quantitative estimate of drug-likeness (QED) is 0.441. The van der Waals surface area contributed by atoms with Crippen LogP contribution in [0, 0.1) is 0 Å². The molecule has 3 rings (SSSR count). The molecule has 0 aliphatic carbocycles. The molecule has 2 aliphatic rings. The highest BCUT2D eigenvalue weighted by Gasteiger charge is 2.41. The van der Waals surface area contributed by atoms with Gasteiger partial charge < -0.3 is 14.5 Å². The molecule has 0 spiro atoms. The first-order valence-electron chi connectivity index (χ1n) is 9.61. The lowest BCUT2D eigenvalue weighted by atomic mass is 10.2. The van der Waals surface area contributed by atoms with Gasteiger partial charge in [-0.15, -0.1) is 0 Å². The van der Waals surface area contributed by atoms with Gasteiger partial charge in [-0.25, -0.2) is 9.69 Å². The van der Waals surface area contributed by atoms with E-state index in [1.165, 1.54) is 16.7 Å². The number of hydrogen-bond donors (Lipinski definition) is 0. The zero-order valence-corrected chi connectivity index (χ0v) is 20.3. The van der Waals surface area contributed by atoms with E-state index in [0.29, 0.717) is 36.2 Å². The Bertz CT molecular complexity index is 849. The number of benzene rings is 1. The summed E-state index contributed by atoms with van der Waals surface area (Å²) in [6, 6.07) is 7.07. The molecule has 2 aliphatic heterocycles. The van der Waals surface area contributed by atoms with E-state index in [-0.39, 0.29) is 24.3 Å². The van der Waals surface area contributed by atoms with E-state index in [0.717, 1.165) is 4.47 Å². The van der Waals surface area contributed by atoms with Crippen LogP contribution in [-0.4, -0.2) is 69.1 Å². The largest absolute Gasteiger partial charge is 0.444 e. The van der Waals surface area contributed by atoms with Gasteiger partial charge in [-0.3, -0.25) is 9.59 Å². The predicted octanol–water partition coefficient (Wildman–Crippen LogP) is 3.65. The van der Waals surface area contributed by atoms with Crippen molar-refractivity contribution in [3.05, 3.63) is 28.7 Å². The van der Waals surface area contributed by atoms with E-state index >= 15 is 0 Å². The number of anilines is 1. The SMILES string of the molecule is CC(C)(C)OC(=O)N1CCN(C(=S)S[C@H]2CC(=O)N(c3ccc(Br)cc3)C2=O)CC1. The Kier molecular flexibility index (Phi) is 7.09. The first kappa shape index (κ1) is 23.0. The number of carbonyl (C=O) groups excluding carboxylic acids is 3. The van der Waals surface area contributed by atoms with E-state index in [9.17, 15) is 14.4 Å². The van der Waals surface area contributed by atoms with Gasteiger partial charge in [-0.2, -0.15) is 0 Å². The summed E-state index contributed by atoms with van der Waals surface area (Å²) >= 11 is 10.1. The minimum absolute atomic E-state index is 0.123. The Labute approximate surface area is 194 Å². The third-order valence-electron chi connectivity index (χ3n) is 4.62. The highest BCUT2D eigenvalue weighted by molar-refractivity contribution is 9.10. The molecule has 1 aromatic rings. The van der Waals surface area contributed by atoms with Crippen molar-refractivity contribution >= 4 is 67.8 Å². The van der Waals surface area contributed by atoms with Crippen molar-refractivity contribution in [2.24, 2.45) is 0 Å². The Morgan fingerprint density at radius 3 is 2.23 bits per heavy atom. The lowest BCUT2D eigenvalue weighted by molar-refractivity contribution is -0.121. The van der Waals surface area contributed by atoms with E-state index in [1.54, 1.807) is 29.2 Å². The Morgan fingerprint density at radius 1 is 1.10 bits per heavy atom. The summed E-state index contributed by atoms with van der Waals surface area (Å²) in [5.41, 5.74) is 0.0309. The minimum Gasteiger partial charge on any atom is -0.444 e. The van der Waals surface area contributed by atoms with Crippen LogP contribution in [0.5, 0.6) is 0 Å². The second-order valence-corrected chi connectivity index (χ2v) is 10.8. The van der Waals surface area contributed by atoms with Gasteiger partial charge in [0.15, 0.2) is 0 Å². The maximum absolute atomic E-state index is 12.8. The van der Waals surface area contributed by atoms with E-state index < -0.39 is 10.9 Å². The number of hydrogen-bond acceptors (Lipinski definition) is 6. The first-order valence-corrected chi connectivity index (χ1v) is 11.7. The molecule has 0 N–H and O–H groups in total. The maximum Gasteiger partial charge on any atom is 0.410 e. The topological polar surface area (TPSA) is 70.2 Å². The van der Waals surface area contributed by atoms with Crippen LogP contribution in [0.4, 0.5) is 10.5 Å². The lowest BCUT2D eigenvalue weighted by Crippen LogP contribution is -2.51. The third kappa shape index (κ3) is 5.53. The average Bonchev–Trinajstić information content (AvgIpc) is 2.94. The van der Waals surface area contributed by atoms with Gasteiger partial charge in [-0.1, -0.05) is 39.9 Å². The van der Waals surface area contributed by atoms with Crippen LogP contribution >= 0.6 is 39.9 Å². The number of rotatable bonds is 2. The molecule has 0 saturated carbocycles. The monoisotopic (exact) mass is 513 g/mol. The summed E-state index contributed by atoms with van der Waals surface area (Å²) in [4.78, 5) is 42.3. The standard InChI is InChI=1S/C20H24BrN3O4S2/c1-20(2,3)28-18(27)22-8-10-23(11-9-22)19(29)30-15-12-16(25)24(17(15)26)14-6-4-13(21)5-7-14/h4-7,15H,8-12H2,1-3H3/t15-/m0/s1. The van der Waals surface area contributed by atoms with Gasteiger partial charge in [0.25, 0.3) is 0 Å². The zero-order chi connectivity index (χ0) is 22.1. The third-order valence-corrected chi connectivity index (χ3v) is 6.81. The number of thioether (sulfide) groups is 1. The van der Waals surface area contributed by atoms with Gasteiger partial charge in [0.2, 0.25) is 11.8 Å². The zero-order valence-electron chi connectivity index (χ0n) is 17.1. The molecule has 7 nitrogen and oxygen atoms in total. The fraction of sp³-hybridized carbons (Fsp3) is 0.500. The molecule has 162 valence electrons. The van der Waals surface area contributed by atoms with Crippen LogP contribution in [0.3, 0.4) is 0 Å². The molecule has 2 heterocycles. The first-order chi connectivity index (χ1) is 14.0. The van der Waals surface area contributed by atoms with Gasteiger partial charge in [0.05, 0.1) is 5.69 Å². The molecular formula is C20H24BrN3O4S2. The Balaban J connectivity index is 1.54. The molecule has 30 heavy (non-hydrogen) atoms. The number of carbonyl (C=O) groups is 3. The summed E-state index contributed by atoms with van der Waals surface area (Å²) in [6.45, 7) is 7.64. The average molecular weight is 514 g/mol. The fourth-order valence-corrected chi connectivity index (χ4v) is 4.95. The van der Waals surface area contributed by atoms with Crippen molar-refractivity contribution in [1.82, 2.24) is 9.80 Å². The molecule has 3 amide bonds.